The van der Waals surface area contributed by atoms with E-state index in [1.54, 1.807) is 6.26 Å². The van der Waals surface area contributed by atoms with E-state index in [2.05, 4.69) is 31.1 Å². The van der Waals surface area contributed by atoms with Crippen LogP contribution in [0.5, 0.6) is 11.8 Å². The second-order valence-corrected chi connectivity index (χ2v) is 6.20. The van der Waals surface area contributed by atoms with Crippen molar-refractivity contribution in [3.8, 4) is 11.8 Å². The van der Waals surface area contributed by atoms with Gasteiger partial charge in [-0.25, -0.2) is 0 Å². The highest BCUT2D eigenvalue weighted by molar-refractivity contribution is 5.49. The molecule has 0 saturated heterocycles. The van der Waals surface area contributed by atoms with Gasteiger partial charge in [-0.3, -0.25) is 0 Å². The molecule has 0 saturated carbocycles. The maximum atomic E-state index is 5.65. The Kier molecular flexibility index (Phi) is 4.53. The lowest BCUT2D eigenvalue weighted by atomic mass is 10.1. The highest BCUT2D eigenvalue weighted by atomic mass is 16.6. The van der Waals surface area contributed by atoms with E-state index >= 15 is 0 Å². The van der Waals surface area contributed by atoms with E-state index in [9.17, 15) is 0 Å². The van der Waals surface area contributed by atoms with Crippen molar-refractivity contribution in [3.05, 3.63) is 36.2 Å². The summed E-state index contributed by atoms with van der Waals surface area (Å²) >= 11 is 0. The van der Waals surface area contributed by atoms with E-state index < -0.39 is 0 Å². The van der Waals surface area contributed by atoms with Crippen molar-refractivity contribution >= 4 is 5.69 Å². The minimum Gasteiger partial charge on any atom is -0.417 e. The van der Waals surface area contributed by atoms with E-state index in [0.717, 1.165) is 11.4 Å². The molecule has 1 aromatic carbocycles. The Morgan fingerprint density at radius 1 is 1.29 bits per heavy atom. The van der Waals surface area contributed by atoms with Crippen LogP contribution in [0.3, 0.4) is 0 Å². The maximum absolute atomic E-state index is 5.65. The average molecular weight is 289 g/mol. The van der Waals surface area contributed by atoms with Gasteiger partial charge in [0, 0.05) is 37.9 Å². The lowest BCUT2D eigenvalue weighted by Crippen LogP contribution is -2.35. The molecule has 0 radical (unpaired) electrons. The predicted molar refractivity (Wildman–Crippen MR) is 83.9 cm³/mol. The first-order chi connectivity index (χ1) is 9.83. The summed E-state index contributed by atoms with van der Waals surface area (Å²) < 4.78 is 11.0. The Morgan fingerprint density at radius 3 is 2.71 bits per heavy atom. The third kappa shape index (κ3) is 4.79. The normalized spacial score (nSPS) is 11.5. The third-order valence-electron chi connectivity index (χ3n) is 2.87. The maximum Gasteiger partial charge on any atom is 0.399 e. The van der Waals surface area contributed by atoms with Gasteiger partial charge in [0.05, 0.1) is 5.69 Å². The highest BCUT2D eigenvalue weighted by Crippen LogP contribution is 2.24. The van der Waals surface area contributed by atoms with Gasteiger partial charge < -0.3 is 19.4 Å². The SMILES string of the molecule is CN(C)c1cccc(Oc2nc(CNC(C)(C)C)co2)c1. The molecule has 5 nitrogen and oxygen atoms in total. The second-order valence-electron chi connectivity index (χ2n) is 6.20. The summed E-state index contributed by atoms with van der Waals surface area (Å²) in [6, 6.07) is 7.78. The molecule has 0 spiro atoms. The van der Waals surface area contributed by atoms with Gasteiger partial charge in [-0.05, 0) is 32.9 Å². The first-order valence-corrected chi connectivity index (χ1v) is 6.98. The van der Waals surface area contributed by atoms with Crippen molar-refractivity contribution in [1.82, 2.24) is 10.3 Å². The van der Waals surface area contributed by atoms with Crippen molar-refractivity contribution in [2.45, 2.75) is 32.9 Å². The van der Waals surface area contributed by atoms with E-state index in [1.807, 2.05) is 43.3 Å². The van der Waals surface area contributed by atoms with Crippen LogP contribution in [0.2, 0.25) is 0 Å². The molecule has 0 atom stereocenters. The van der Waals surface area contributed by atoms with Crippen LogP contribution < -0.4 is 15.0 Å². The van der Waals surface area contributed by atoms with E-state index in [-0.39, 0.29) is 11.6 Å². The summed E-state index contributed by atoms with van der Waals surface area (Å²) in [5.74, 6) is 0.707. The smallest absolute Gasteiger partial charge is 0.399 e. The largest absolute Gasteiger partial charge is 0.417 e. The molecule has 0 bridgehead atoms. The molecule has 114 valence electrons. The molecule has 5 heteroatoms. The van der Waals surface area contributed by atoms with Crippen LogP contribution in [0.25, 0.3) is 0 Å². The fraction of sp³-hybridized carbons (Fsp3) is 0.438. The summed E-state index contributed by atoms with van der Waals surface area (Å²) in [6.07, 6.45) is 1.88. The Hall–Kier alpha value is -2.01. The Bertz CT molecular complexity index is 585. The first-order valence-electron chi connectivity index (χ1n) is 6.98. The molecule has 0 fully saturated rings. The molecular weight excluding hydrogens is 266 g/mol. The number of nitrogens with one attached hydrogen (secondary N) is 1. The van der Waals surface area contributed by atoms with Crippen molar-refractivity contribution in [2.24, 2.45) is 0 Å². The minimum absolute atomic E-state index is 0.0417. The van der Waals surface area contributed by atoms with Gasteiger partial charge in [-0.15, -0.1) is 0 Å². The molecule has 2 rings (SSSR count). The third-order valence-corrected chi connectivity index (χ3v) is 2.87. The molecule has 0 aliphatic heterocycles. The average Bonchev–Trinajstić information content (AvgIpc) is 2.83. The Balaban J connectivity index is 2.00. The minimum atomic E-state index is 0.0417. The van der Waals surface area contributed by atoms with E-state index in [0.29, 0.717) is 12.3 Å². The molecular formula is C16H23N3O2. The molecule has 2 aromatic rings. The zero-order valence-electron chi connectivity index (χ0n) is 13.3. The van der Waals surface area contributed by atoms with Gasteiger partial charge in [0.25, 0.3) is 0 Å². The number of oxazole rings is 1. The Morgan fingerprint density at radius 2 is 2.05 bits per heavy atom. The van der Waals surface area contributed by atoms with Crippen molar-refractivity contribution in [1.29, 1.82) is 0 Å². The van der Waals surface area contributed by atoms with E-state index in [1.165, 1.54) is 0 Å². The fourth-order valence-electron chi connectivity index (χ4n) is 1.70. The number of hydrogen-bond acceptors (Lipinski definition) is 5. The number of ether oxygens (including phenoxy) is 1. The van der Waals surface area contributed by atoms with Crippen LogP contribution in [0, 0.1) is 0 Å². The van der Waals surface area contributed by atoms with Gasteiger partial charge in [0.15, 0.2) is 0 Å². The van der Waals surface area contributed by atoms with Crippen LogP contribution in [0.15, 0.2) is 34.9 Å². The zero-order chi connectivity index (χ0) is 15.5. The summed E-state index contributed by atoms with van der Waals surface area (Å²) in [5.41, 5.74) is 1.93. The molecule has 21 heavy (non-hydrogen) atoms. The van der Waals surface area contributed by atoms with Crippen LogP contribution in [0.1, 0.15) is 26.5 Å². The van der Waals surface area contributed by atoms with Gasteiger partial charge >= 0.3 is 6.08 Å². The van der Waals surface area contributed by atoms with Gasteiger partial charge in [-0.2, -0.15) is 4.98 Å². The number of aromatic nitrogens is 1. The van der Waals surface area contributed by atoms with E-state index in [4.69, 9.17) is 9.15 Å². The summed E-state index contributed by atoms with van der Waals surface area (Å²) in [4.78, 5) is 6.33. The molecule has 0 aliphatic rings. The van der Waals surface area contributed by atoms with Crippen molar-refractivity contribution in [2.75, 3.05) is 19.0 Å². The fourth-order valence-corrected chi connectivity index (χ4v) is 1.70. The van der Waals surface area contributed by atoms with Crippen LogP contribution in [0.4, 0.5) is 5.69 Å². The first kappa shape index (κ1) is 15.4. The van der Waals surface area contributed by atoms with Crippen molar-refractivity contribution in [3.63, 3.8) is 0 Å². The molecule has 1 heterocycles. The standard InChI is InChI=1S/C16H23N3O2/c1-16(2,3)17-10-12-11-20-15(18-12)21-14-8-6-7-13(9-14)19(4)5/h6-9,11,17H,10H2,1-5H3. The number of nitrogens with zero attached hydrogens (tertiary/aromatic N) is 2. The molecule has 0 unspecified atom stereocenters. The number of anilines is 1. The Labute approximate surface area is 125 Å². The summed E-state index contributed by atoms with van der Waals surface area (Å²) in [6.45, 7) is 6.97. The monoisotopic (exact) mass is 289 g/mol. The highest BCUT2D eigenvalue weighted by Gasteiger charge is 2.12. The number of benzene rings is 1. The van der Waals surface area contributed by atoms with Crippen molar-refractivity contribution < 1.29 is 9.15 Å². The molecule has 0 aliphatic carbocycles. The molecule has 1 aromatic heterocycles. The lowest BCUT2D eigenvalue weighted by Gasteiger charge is -2.19. The topological polar surface area (TPSA) is 50.5 Å². The van der Waals surface area contributed by atoms with Crippen LogP contribution >= 0.6 is 0 Å². The summed E-state index contributed by atoms with van der Waals surface area (Å²) in [5, 5.41) is 3.35. The predicted octanol–water partition coefficient (Wildman–Crippen LogP) is 3.42. The molecule has 1 N–H and O–H groups in total. The quantitative estimate of drug-likeness (QED) is 0.914. The van der Waals surface area contributed by atoms with Crippen LogP contribution in [-0.2, 0) is 6.54 Å². The van der Waals surface area contributed by atoms with Crippen LogP contribution in [-0.4, -0.2) is 24.6 Å². The number of hydrogen-bond donors (Lipinski definition) is 1. The zero-order valence-corrected chi connectivity index (χ0v) is 13.3. The van der Waals surface area contributed by atoms with Gasteiger partial charge in [0.2, 0.25) is 0 Å². The summed E-state index contributed by atoms with van der Waals surface area (Å²) in [7, 11) is 3.97. The lowest BCUT2D eigenvalue weighted by molar-refractivity contribution is 0.331. The number of rotatable bonds is 5. The van der Waals surface area contributed by atoms with Gasteiger partial charge in [-0.1, -0.05) is 6.07 Å². The second kappa shape index (κ2) is 6.18. The van der Waals surface area contributed by atoms with Gasteiger partial charge in [0.1, 0.15) is 12.0 Å². The molecule has 0 amide bonds.